The quantitative estimate of drug-likeness (QED) is 0.810. The molecule has 1 heterocycles. The zero-order chi connectivity index (χ0) is 17.1. The predicted molar refractivity (Wildman–Crippen MR) is 95.4 cm³/mol. The number of hydrogen-bond donors (Lipinski definition) is 1. The van der Waals surface area contributed by atoms with Gasteiger partial charge in [-0.05, 0) is 56.9 Å². The van der Waals surface area contributed by atoms with E-state index in [-0.39, 0.29) is 11.7 Å². The molecule has 5 nitrogen and oxygen atoms in total. The summed E-state index contributed by atoms with van der Waals surface area (Å²) in [5, 5.41) is 3.12. The summed E-state index contributed by atoms with van der Waals surface area (Å²) in [6, 6.07) is 8.11. The molecule has 0 bridgehead atoms. The monoisotopic (exact) mass is 329 g/mol. The maximum atomic E-state index is 12.1. The van der Waals surface area contributed by atoms with Crippen molar-refractivity contribution in [3.8, 4) is 0 Å². The first-order valence-corrected chi connectivity index (χ1v) is 8.90. The molecular weight excluding hydrogens is 302 g/mol. The number of hydrogen-bond acceptors (Lipinski definition) is 4. The number of carbonyl (C=O) groups excluding carboxylic acids is 2. The van der Waals surface area contributed by atoms with Gasteiger partial charge in [0.2, 0.25) is 5.91 Å². The van der Waals surface area contributed by atoms with Gasteiger partial charge >= 0.3 is 0 Å². The molecule has 1 aromatic rings. The van der Waals surface area contributed by atoms with E-state index in [1.54, 1.807) is 6.92 Å². The summed E-state index contributed by atoms with van der Waals surface area (Å²) in [5.41, 5.74) is 1.89. The van der Waals surface area contributed by atoms with E-state index in [0.717, 1.165) is 37.4 Å². The van der Waals surface area contributed by atoms with Crippen molar-refractivity contribution in [2.45, 2.75) is 32.7 Å². The van der Waals surface area contributed by atoms with Crippen LogP contribution in [0.3, 0.4) is 0 Å². The van der Waals surface area contributed by atoms with Crippen molar-refractivity contribution in [3.63, 3.8) is 0 Å². The fourth-order valence-electron chi connectivity index (χ4n) is 3.29. The van der Waals surface area contributed by atoms with Crippen molar-refractivity contribution in [2.24, 2.45) is 5.92 Å². The highest BCUT2D eigenvalue weighted by molar-refractivity contribution is 5.94. The van der Waals surface area contributed by atoms with Crippen molar-refractivity contribution in [1.82, 2.24) is 10.2 Å². The lowest BCUT2D eigenvalue weighted by atomic mass is 10.1. The number of ketones is 1. The number of nitrogens with zero attached hydrogens (tertiary/aromatic N) is 2. The lowest BCUT2D eigenvalue weighted by Crippen LogP contribution is -2.50. The van der Waals surface area contributed by atoms with Gasteiger partial charge in [-0.15, -0.1) is 0 Å². The van der Waals surface area contributed by atoms with Crippen LogP contribution in [0.5, 0.6) is 0 Å². The minimum atomic E-state index is 0.0952. The van der Waals surface area contributed by atoms with Crippen LogP contribution in [0.4, 0.5) is 5.69 Å². The van der Waals surface area contributed by atoms with Crippen molar-refractivity contribution in [1.29, 1.82) is 0 Å². The van der Waals surface area contributed by atoms with Gasteiger partial charge in [-0.25, -0.2) is 0 Å². The Morgan fingerprint density at radius 1 is 1.12 bits per heavy atom. The molecule has 2 fully saturated rings. The van der Waals surface area contributed by atoms with E-state index < -0.39 is 0 Å². The SMILES string of the molecule is CC(=O)c1ccc(N2CCN(CC(=O)N[C@H](C)C3CC3)CC2)cc1. The molecule has 3 rings (SSSR count). The summed E-state index contributed by atoms with van der Waals surface area (Å²) in [6.07, 6.45) is 2.51. The minimum Gasteiger partial charge on any atom is -0.369 e. The highest BCUT2D eigenvalue weighted by atomic mass is 16.2. The van der Waals surface area contributed by atoms with Gasteiger partial charge in [-0.3, -0.25) is 14.5 Å². The van der Waals surface area contributed by atoms with Gasteiger partial charge in [-0.2, -0.15) is 0 Å². The maximum Gasteiger partial charge on any atom is 0.234 e. The average molecular weight is 329 g/mol. The second-order valence-corrected chi connectivity index (χ2v) is 7.06. The molecule has 1 aliphatic heterocycles. The van der Waals surface area contributed by atoms with Crippen LogP contribution in [-0.4, -0.2) is 55.4 Å². The fraction of sp³-hybridized carbons (Fsp3) is 0.579. The third kappa shape index (κ3) is 4.35. The van der Waals surface area contributed by atoms with Crippen LogP contribution < -0.4 is 10.2 Å². The van der Waals surface area contributed by atoms with Crippen LogP contribution in [0.2, 0.25) is 0 Å². The number of Topliss-reactive ketones (excluding diaryl/α,β-unsaturated/α-hetero) is 1. The summed E-state index contributed by atoms with van der Waals surface area (Å²) < 4.78 is 0. The largest absolute Gasteiger partial charge is 0.369 e. The third-order valence-corrected chi connectivity index (χ3v) is 5.10. The number of anilines is 1. The van der Waals surface area contributed by atoms with Gasteiger partial charge in [0.1, 0.15) is 0 Å². The van der Waals surface area contributed by atoms with Crippen LogP contribution >= 0.6 is 0 Å². The molecule has 5 heteroatoms. The third-order valence-electron chi connectivity index (χ3n) is 5.10. The molecule has 1 aromatic carbocycles. The van der Waals surface area contributed by atoms with E-state index in [1.165, 1.54) is 12.8 Å². The van der Waals surface area contributed by atoms with E-state index in [2.05, 4.69) is 22.0 Å². The van der Waals surface area contributed by atoms with E-state index in [1.807, 2.05) is 24.3 Å². The molecule has 130 valence electrons. The van der Waals surface area contributed by atoms with Crippen molar-refractivity contribution < 1.29 is 9.59 Å². The number of rotatable bonds is 6. The molecule has 1 atom stereocenters. The van der Waals surface area contributed by atoms with E-state index >= 15 is 0 Å². The molecular formula is C19H27N3O2. The predicted octanol–water partition coefficient (Wildman–Crippen LogP) is 1.93. The van der Waals surface area contributed by atoms with Crippen molar-refractivity contribution in [2.75, 3.05) is 37.6 Å². The van der Waals surface area contributed by atoms with E-state index in [0.29, 0.717) is 18.5 Å². The van der Waals surface area contributed by atoms with Crippen LogP contribution in [-0.2, 0) is 4.79 Å². The summed E-state index contributed by atoms with van der Waals surface area (Å²) >= 11 is 0. The second kappa shape index (κ2) is 7.34. The Morgan fingerprint density at radius 3 is 2.29 bits per heavy atom. The molecule has 1 saturated carbocycles. The number of piperazine rings is 1. The number of carbonyl (C=O) groups is 2. The van der Waals surface area contributed by atoms with Crippen molar-refractivity contribution in [3.05, 3.63) is 29.8 Å². The van der Waals surface area contributed by atoms with Gasteiger partial charge in [0, 0.05) is 43.5 Å². The molecule has 1 aliphatic carbocycles. The van der Waals surface area contributed by atoms with Gasteiger partial charge in [0.05, 0.1) is 6.54 Å². The minimum absolute atomic E-state index is 0.0952. The molecule has 1 amide bonds. The molecule has 24 heavy (non-hydrogen) atoms. The molecule has 1 saturated heterocycles. The highest BCUT2D eigenvalue weighted by Crippen LogP contribution is 2.32. The fourth-order valence-corrected chi connectivity index (χ4v) is 3.29. The van der Waals surface area contributed by atoms with Gasteiger partial charge in [-0.1, -0.05) is 0 Å². The Hall–Kier alpha value is -1.88. The zero-order valence-corrected chi connectivity index (χ0v) is 14.6. The number of amides is 1. The Balaban J connectivity index is 1.44. The molecule has 0 radical (unpaired) electrons. The lowest BCUT2D eigenvalue weighted by molar-refractivity contribution is -0.123. The maximum absolute atomic E-state index is 12.1. The topological polar surface area (TPSA) is 52.7 Å². The average Bonchev–Trinajstić information content (AvgIpc) is 3.40. The van der Waals surface area contributed by atoms with Gasteiger partial charge in [0.15, 0.2) is 5.78 Å². The number of benzene rings is 1. The first-order chi connectivity index (χ1) is 11.5. The van der Waals surface area contributed by atoms with E-state index in [9.17, 15) is 9.59 Å². The second-order valence-electron chi connectivity index (χ2n) is 7.06. The zero-order valence-electron chi connectivity index (χ0n) is 14.6. The molecule has 0 unspecified atom stereocenters. The van der Waals surface area contributed by atoms with Crippen LogP contribution in [0.1, 0.15) is 37.0 Å². The summed E-state index contributed by atoms with van der Waals surface area (Å²) in [7, 11) is 0. The van der Waals surface area contributed by atoms with Crippen LogP contribution in [0.15, 0.2) is 24.3 Å². The Morgan fingerprint density at radius 2 is 1.75 bits per heavy atom. The van der Waals surface area contributed by atoms with Crippen molar-refractivity contribution >= 4 is 17.4 Å². The molecule has 0 spiro atoms. The normalized spacial score (nSPS) is 19.8. The van der Waals surface area contributed by atoms with Crippen LogP contribution in [0.25, 0.3) is 0 Å². The Bertz CT molecular complexity index is 587. The molecule has 2 aliphatic rings. The summed E-state index contributed by atoms with van der Waals surface area (Å²) in [6.45, 7) is 7.78. The van der Waals surface area contributed by atoms with Gasteiger partial charge < -0.3 is 10.2 Å². The molecule has 1 N–H and O–H groups in total. The van der Waals surface area contributed by atoms with Crippen LogP contribution in [0, 0.1) is 5.92 Å². The summed E-state index contributed by atoms with van der Waals surface area (Å²) in [5.74, 6) is 0.940. The summed E-state index contributed by atoms with van der Waals surface area (Å²) in [4.78, 5) is 28.0. The molecule has 0 aromatic heterocycles. The first kappa shape index (κ1) is 17.0. The van der Waals surface area contributed by atoms with E-state index in [4.69, 9.17) is 0 Å². The van der Waals surface area contributed by atoms with Gasteiger partial charge in [0.25, 0.3) is 0 Å². The lowest BCUT2D eigenvalue weighted by Gasteiger charge is -2.36. The number of nitrogens with one attached hydrogen (secondary N) is 1. The standard InChI is InChI=1S/C19H27N3O2/c1-14(16-3-4-16)20-19(24)13-21-9-11-22(12-10-21)18-7-5-17(6-8-18)15(2)23/h5-8,14,16H,3-4,9-13H2,1-2H3,(H,20,24)/t14-/m1/s1. The Kier molecular flexibility index (Phi) is 5.19. The first-order valence-electron chi connectivity index (χ1n) is 8.90. The Labute approximate surface area is 144 Å². The highest BCUT2D eigenvalue weighted by Gasteiger charge is 2.29. The smallest absolute Gasteiger partial charge is 0.234 e.